The fourth-order valence-electron chi connectivity index (χ4n) is 3.64. The van der Waals surface area contributed by atoms with Crippen molar-refractivity contribution < 1.29 is 98.6 Å². The number of aliphatic hydroxyl groups is 1. The van der Waals surface area contributed by atoms with E-state index in [4.69, 9.17) is 14.9 Å². The third-order valence-corrected chi connectivity index (χ3v) is 5.62. The molecule has 11 heteroatoms. The number of carboxylic acid groups (broad SMARTS) is 1. The monoisotopic (exact) mass is 628 g/mol. The Morgan fingerprint density at radius 1 is 0.810 bits per heavy atom. The molecule has 1 aromatic carbocycles. The van der Waals surface area contributed by atoms with Gasteiger partial charge in [0.05, 0.1) is 17.4 Å². The van der Waals surface area contributed by atoms with Crippen LogP contribution in [0.4, 0.5) is 17.6 Å². The van der Waals surface area contributed by atoms with Gasteiger partial charge in [0, 0.05) is 0 Å². The second-order valence-electron chi connectivity index (χ2n) is 12.0. The van der Waals surface area contributed by atoms with Crippen molar-refractivity contribution in [3.8, 4) is 0 Å². The summed E-state index contributed by atoms with van der Waals surface area (Å²) >= 11 is 0. The number of carbonyl (C=O) groups excluding carboxylic acids is 1. The smallest absolute Gasteiger partial charge is 0.850 e. The van der Waals surface area contributed by atoms with Crippen molar-refractivity contribution >= 4 is 11.9 Å². The molecular formula is C31H45F4KO6. The normalized spacial score (nSPS) is 18.3. The van der Waals surface area contributed by atoms with Crippen LogP contribution in [0.25, 0.3) is 0 Å². The average Bonchev–Trinajstić information content (AvgIpc) is 2.86. The molecule has 2 aliphatic rings. The Morgan fingerprint density at radius 3 is 1.45 bits per heavy atom. The summed E-state index contributed by atoms with van der Waals surface area (Å²) in [5.74, 6) is -1.81. The van der Waals surface area contributed by atoms with Gasteiger partial charge in [0.1, 0.15) is 6.61 Å². The summed E-state index contributed by atoms with van der Waals surface area (Å²) in [4.78, 5) is 22.2. The Bertz CT molecular complexity index is 949. The van der Waals surface area contributed by atoms with Gasteiger partial charge in [0.25, 0.3) is 12.2 Å². The minimum atomic E-state index is -1.63. The van der Waals surface area contributed by atoms with Crippen molar-refractivity contribution in [1.82, 2.24) is 0 Å². The third kappa shape index (κ3) is 24.4. The van der Waals surface area contributed by atoms with Crippen LogP contribution in [-0.2, 0) is 20.9 Å². The summed E-state index contributed by atoms with van der Waals surface area (Å²) in [5.41, 5.74) is 0.00153. The molecule has 0 bridgehead atoms. The van der Waals surface area contributed by atoms with E-state index in [0.29, 0.717) is 38.5 Å². The van der Waals surface area contributed by atoms with Crippen LogP contribution < -0.4 is 56.5 Å². The van der Waals surface area contributed by atoms with Gasteiger partial charge in [-0.05, 0) is 88.8 Å². The maximum atomic E-state index is 12.4. The van der Waals surface area contributed by atoms with Crippen molar-refractivity contribution in [1.29, 1.82) is 0 Å². The van der Waals surface area contributed by atoms with E-state index in [1.807, 2.05) is 30.3 Å². The SMILES string of the molecule is CC(C)(C)O.CC(C)(C)[O-].O=C(O)C1CCC(=C(F)F)CC1.O=C(OCc1ccccc1)C1CCC(=C(F)F)CC1.[K+]. The zero-order valence-corrected chi connectivity index (χ0v) is 29.1. The molecule has 0 unspecified atom stereocenters. The quantitative estimate of drug-likeness (QED) is 0.291. The fraction of sp³-hybridized carbons (Fsp3) is 0.613. The summed E-state index contributed by atoms with van der Waals surface area (Å²) in [6.07, 6.45) is -0.528. The zero-order chi connectivity index (χ0) is 31.8. The van der Waals surface area contributed by atoms with Gasteiger partial charge in [-0.2, -0.15) is 17.6 Å². The number of carbonyl (C=O) groups is 2. The Morgan fingerprint density at radius 2 is 1.14 bits per heavy atom. The number of ether oxygens (including phenoxy) is 1. The van der Waals surface area contributed by atoms with E-state index >= 15 is 0 Å². The standard InChI is InChI=1S/C15H16F2O2.C8H10F2O2.C4H10O.C4H9O.K/c16-14(17)12-6-8-13(9-7-12)15(18)19-10-11-4-2-1-3-5-11;9-7(10)5-1-3-6(4-2-5)8(11)12;2*1-4(2,3)5;/h1-5,13H,6-10H2;6H,1-4H2,(H,11,12);5H,1-3H3;1-3H3;/q;;;-1;+1. The van der Waals surface area contributed by atoms with E-state index < -0.39 is 35.3 Å². The van der Waals surface area contributed by atoms with Gasteiger partial charge in [-0.1, -0.05) is 51.1 Å². The number of allylic oxidation sites excluding steroid dienone is 2. The first kappa shape index (κ1) is 43.0. The van der Waals surface area contributed by atoms with Crippen molar-refractivity contribution in [3.63, 3.8) is 0 Å². The van der Waals surface area contributed by atoms with Gasteiger partial charge in [-0.3, -0.25) is 9.59 Å². The predicted octanol–water partition coefficient (Wildman–Crippen LogP) is 4.41. The van der Waals surface area contributed by atoms with Crippen molar-refractivity contribution in [2.45, 2.75) is 111 Å². The summed E-state index contributed by atoms with van der Waals surface area (Å²) in [7, 11) is 0. The Hall–Kier alpha value is -1.08. The Balaban J connectivity index is 0. The van der Waals surface area contributed by atoms with E-state index in [-0.39, 0.29) is 93.9 Å². The second-order valence-corrected chi connectivity index (χ2v) is 12.0. The number of carboxylic acids is 1. The molecule has 2 aliphatic carbocycles. The number of esters is 1. The van der Waals surface area contributed by atoms with Crippen molar-refractivity contribution in [2.24, 2.45) is 11.8 Å². The molecule has 6 nitrogen and oxygen atoms in total. The van der Waals surface area contributed by atoms with Crippen molar-refractivity contribution in [2.75, 3.05) is 0 Å². The minimum Gasteiger partial charge on any atom is -0.850 e. The molecule has 42 heavy (non-hydrogen) atoms. The Kier molecular flexibility index (Phi) is 22.1. The molecule has 3 rings (SSSR count). The van der Waals surface area contributed by atoms with Crippen LogP contribution in [0.2, 0.25) is 0 Å². The molecule has 1 aromatic rings. The number of aliphatic carboxylic acids is 1. The van der Waals surface area contributed by atoms with Crippen LogP contribution in [-0.4, -0.2) is 33.4 Å². The second kappa shape index (κ2) is 21.6. The molecule has 0 amide bonds. The summed E-state index contributed by atoms with van der Waals surface area (Å²) in [6.45, 7) is 10.4. The van der Waals surface area contributed by atoms with Crippen LogP contribution in [0, 0.1) is 11.8 Å². The number of hydrogen-bond acceptors (Lipinski definition) is 5. The summed E-state index contributed by atoms with van der Waals surface area (Å²) in [6, 6.07) is 9.42. The molecule has 0 aromatic heterocycles. The predicted molar refractivity (Wildman–Crippen MR) is 148 cm³/mol. The van der Waals surface area contributed by atoms with Gasteiger partial charge in [-0.15, -0.1) is 5.60 Å². The molecule has 0 aliphatic heterocycles. The molecule has 2 fully saturated rings. The molecule has 0 saturated heterocycles. The third-order valence-electron chi connectivity index (χ3n) is 5.62. The van der Waals surface area contributed by atoms with Gasteiger partial charge in [0.15, 0.2) is 0 Å². The average molecular weight is 629 g/mol. The zero-order valence-electron chi connectivity index (χ0n) is 25.9. The molecular weight excluding hydrogens is 583 g/mol. The van der Waals surface area contributed by atoms with Gasteiger partial charge >= 0.3 is 63.3 Å². The molecule has 0 radical (unpaired) electrons. The number of benzene rings is 1. The van der Waals surface area contributed by atoms with Gasteiger partial charge in [0.2, 0.25) is 0 Å². The van der Waals surface area contributed by atoms with E-state index in [0.717, 1.165) is 5.56 Å². The number of halogens is 4. The van der Waals surface area contributed by atoms with Crippen molar-refractivity contribution in [3.05, 3.63) is 59.2 Å². The van der Waals surface area contributed by atoms with Crippen LogP contribution in [0.15, 0.2) is 53.6 Å². The van der Waals surface area contributed by atoms with E-state index in [1.165, 1.54) is 0 Å². The van der Waals surface area contributed by atoms with Crippen LogP contribution in [0.1, 0.15) is 98.5 Å². The number of rotatable bonds is 4. The van der Waals surface area contributed by atoms with Gasteiger partial charge in [-0.25, -0.2) is 0 Å². The van der Waals surface area contributed by atoms with Crippen LogP contribution >= 0.6 is 0 Å². The molecule has 2 saturated carbocycles. The minimum absolute atomic E-state index is 0. The molecule has 0 heterocycles. The first-order valence-electron chi connectivity index (χ1n) is 13.7. The topological polar surface area (TPSA) is 107 Å². The molecule has 234 valence electrons. The van der Waals surface area contributed by atoms with E-state index in [1.54, 1.807) is 41.5 Å². The van der Waals surface area contributed by atoms with Gasteiger partial charge < -0.3 is 20.1 Å². The van der Waals surface area contributed by atoms with E-state index in [2.05, 4.69) is 0 Å². The number of hydrogen-bond donors (Lipinski definition) is 2. The molecule has 2 N–H and O–H groups in total. The first-order chi connectivity index (χ1) is 18.8. The summed E-state index contributed by atoms with van der Waals surface area (Å²) < 4.78 is 53.9. The van der Waals surface area contributed by atoms with Crippen LogP contribution in [0.5, 0.6) is 0 Å². The van der Waals surface area contributed by atoms with Crippen LogP contribution in [0.3, 0.4) is 0 Å². The maximum absolute atomic E-state index is 12.4. The first-order valence-corrected chi connectivity index (χ1v) is 13.7. The maximum Gasteiger partial charge on any atom is 1.00 e. The molecule has 0 spiro atoms. The molecule has 0 atom stereocenters. The van der Waals surface area contributed by atoms with E-state index in [9.17, 15) is 32.3 Å². The fourth-order valence-corrected chi connectivity index (χ4v) is 3.64. The summed E-state index contributed by atoms with van der Waals surface area (Å²) in [5, 5.41) is 27.2. The largest absolute Gasteiger partial charge is 1.00 e. The Labute approximate surface area is 290 Å².